The zero-order chi connectivity index (χ0) is 10.8. The lowest BCUT2D eigenvalue weighted by Gasteiger charge is -2.19. The lowest BCUT2D eigenvalue weighted by molar-refractivity contribution is 0.270. The number of halogens is 1. The highest BCUT2D eigenvalue weighted by atomic mass is 19.1. The van der Waals surface area contributed by atoms with E-state index in [0.29, 0.717) is 11.4 Å². The van der Waals surface area contributed by atoms with Crippen molar-refractivity contribution in [1.29, 1.82) is 0 Å². The average molecular weight is 209 g/mol. The summed E-state index contributed by atoms with van der Waals surface area (Å²) >= 11 is 0. The molecule has 0 spiro atoms. The van der Waals surface area contributed by atoms with Gasteiger partial charge in [0, 0.05) is 17.8 Å². The molecule has 2 atom stereocenters. The molecule has 1 fully saturated rings. The van der Waals surface area contributed by atoms with Gasteiger partial charge in [-0.1, -0.05) is 0 Å². The highest BCUT2D eigenvalue weighted by Gasteiger charge is 2.28. The maximum atomic E-state index is 14.2. The molecule has 82 valence electrons. The molecular weight excluding hydrogens is 193 g/mol. The lowest BCUT2D eigenvalue weighted by atomic mass is 9.99. The van der Waals surface area contributed by atoms with Crippen LogP contribution in [0.2, 0.25) is 0 Å². The molecule has 0 bridgehead atoms. The Morgan fingerprint density at radius 1 is 1.67 bits per heavy atom. The highest BCUT2D eigenvalue weighted by Crippen LogP contribution is 2.31. The van der Waals surface area contributed by atoms with Crippen LogP contribution in [0.5, 0.6) is 0 Å². The Kier molecular flexibility index (Phi) is 2.86. The Labute approximate surface area is 88.9 Å². The predicted octanol–water partition coefficient (Wildman–Crippen LogP) is 1.73. The number of nitrogen functional groups attached to an aromatic ring is 1. The first kappa shape index (κ1) is 10.4. The number of pyridine rings is 1. The van der Waals surface area contributed by atoms with Gasteiger partial charge in [-0.3, -0.25) is 0 Å². The Morgan fingerprint density at radius 3 is 3.07 bits per heavy atom. The van der Waals surface area contributed by atoms with E-state index in [-0.39, 0.29) is 6.04 Å². The van der Waals surface area contributed by atoms with Gasteiger partial charge in [0.2, 0.25) is 0 Å². The van der Waals surface area contributed by atoms with Crippen molar-refractivity contribution in [2.24, 2.45) is 0 Å². The van der Waals surface area contributed by atoms with E-state index in [1.54, 1.807) is 12.3 Å². The number of nitrogens with one attached hydrogen (secondary N) is 1. The average Bonchev–Trinajstić information content (AvgIpc) is 2.69. The van der Waals surface area contributed by atoms with Crippen molar-refractivity contribution in [1.82, 2.24) is 10.3 Å². The summed E-state index contributed by atoms with van der Waals surface area (Å²) in [5, 5.41) is 3.15. The number of hydrogen-bond acceptors (Lipinski definition) is 3. The van der Waals surface area contributed by atoms with Crippen molar-refractivity contribution in [3.63, 3.8) is 0 Å². The minimum Gasteiger partial charge on any atom is -0.383 e. The van der Waals surface area contributed by atoms with Crippen molar-refractivity contribution in [3.8, 4) is 0 Å². The normalized spacial score (nSPS) is 22.9. The second-order valence-electron chi connectivity index (χ2n) is 4.03. The van der Waals surface area contributed by atoms with E-state index in [9.17, 15) is 4.39 Å². The fraction of sp³-hybridized carbons (Fsp3) is 0.545. The third-order valence-electron chi connectivity index (χ3n) is 2.97. The molecule has 1 aliphatic rings. The maximum Gasteiger partial charge on any atom is 0.144 e. The predicted molar refractivity (Wildman–Crippen MR) is 58.3 cm³/mol. The molecule has 1 saturated heterocycles. The molecule has 2 rings (SSSR count). The maximum absolute atomic E-state index is 14.2. The Balaban J connectivity index is 2.27. The zero-order valence-corrected chi connectivity index (χ0v) is 8.83. The first-order chi connectivity index (χ1) is 7.20. The summed E-state index contributed by atoms with van der Waals surface area (Å²) in [6.45, 7) is 2.76. The van der Waals surface area contributed by atoms with Crippen LogP contribution < -0.4 is 11.1 Å². The molecule has 15 heavy (non-hydrogen) atoms. The quantitative estimate of drug-likeness (QED) is 0.780. The molecule has 0 aliphatic carbocycles. The first-order valence-corrected chi connectivity index (χ1v) is 5.28. The number of rotatable bonds is 2. The van der Waals surface area contributed by atoms with E-state index < -0.39 is 6.17 Å². The van der Waals surface area contributed by atoms with Crippen molar-refractivity contribution >= 4 is 5.82 Å². The number of alkyl halides is 1. The van der Waals surface area contributed by atoms with E-state index in [4.69, 9.17) is 5.73 Å². The van der Waals surface area contributed by atoms with Crippen molar-refractivity contribution in [2.45, 2.75) is 32.0 Å². The largest absolute Gasteiger partial charge is 0.383 e. The smallest absolute Gasteiger partial charge is 0.144 e. The molecule has 0 radical (unpaired) electrons. The van der Waals surface area contributed by atoms with Crippen molar-refractivity contribution in [2.75, 3.05) is 12.3 Å². The molecule has 2 heterocycles. The van der Waals surface area contributed by atoms with Gasteiger partial charge in [-0.2, -0.15) is 0 Å². The molecule has 1 aliphatic heterocycles. The Bertz CT molecular complexity index is 327. The van der Waals surface area contributed by atoms with Crippen LogP contribution in [0.4, 0.5) is 10.2 Å². The van der Waals surface area contributed by atoms with Crippen LogP contribution in [-0.2, 0) is 0 Å². The summed E-state index contributed by atoms with van der Waals surface area (Å²) in [5.41, 5.74) is 7.14. The van der Waals surface area contributed by atoms with E-state index in [0.717, 1.165) is 24.9 Å². The molecule has 3 N–H and O–H groups in total. The molecule has 0 saturated carbocycles. The minimum atomic E-state index is -1.04. The van der Waals surface area contributed by atoms with E-state index >= 15 is 0 Å². The van der Waals surface area contributed by atoms with Gasteiger partial charge in [-0.05, 0) is 37.9 Å². The van der Waals surface area contributed by atoms with E-state index in [1.807, 2.05) is 6.92 Å². The SMILES string of the molecule is Cc1ccnc(N)c1C(F)C1CCCN1. The summed E-state index contributed by atoms with van der Waals surface area (Å²) < 4.78 is 14.2. The number of aromatic nitrogens is 1. The molecule has 4 heteroatoms. The van der Waals surface area contributed by atoms with Crippen LogP contribution in [0.1, 0.15) is 30.1 Å². The van der Waals surface area contributed by atoms with Gasteiger partial charge in [-0.15, -0.1) is 0 Å². The van der Waals surface area contributed by atoms with Gasteiger partial charge in [0.15, 0.2) is 0 Å². The number of hydrogen-bond donors (Lipinski definition) is 2. The number of nitrogens with zero attached hydrogens (tertiary/aromatic N) is 1. The van der Waals surface area contributed by atoms with Crippen molar-refractivity contribution in [3.05, 3.63) is 23.4 Å². The fourth-order valence-corrected chi connectivity index (χ4v) is 2.11. The summed E-state index contributed by atoms with van der Waals surface area (Å²) in [4.78, 5) is 3.94. The van der Waals surface area contributed by atoms with Crippen LogP contribution >= 0.6 is 0 Å². The molecule has 0 amide bonds. The van der Waals surface area contributed by atoms with E-state index in [1.165, 1.54) is 0 Å². The minimum absolute atomic E-state index is 0.102. The van der Waals surface area contributed by atoms with Crippen LogP contribution in [-0.4, -0.2) is 17.6 Å². The Morgan fingerprint density at radius 2 is 2.47 bits per heavy atom. The molecule has 2 unspecified atom stereocenters. The van der Waals surface area contributed by atoms with Gasteiger partial charge in [0.1, 0.15) is 12.0 Å². The standard InChI is InChI=1S/C11H16FN3/c1-7-4-6-15-11(13)9(7)10(12)8-3-2-5-14-8/h4,6,8,10,14H,2-3,5H2,1H3,(H2,13,15). The Hall–Kier alpha value is -1.16. The third-order valence-corrected chi connectivity index (χ3v) is 2.97. The van der Waals surface area contributed by atoms with Crippen molar-refractivity contribution < 1.29 is 4.39 Å². The van der Waals surface area contributed by atoms with Crippen LogP contribution in [0.15, 0.2) is 12.3 Å². The van der Waals surface area contributed by atoms with Crippen LogP contribution in [0, 0.1) is 6.92 Å². The zero-order valence-electron chi connectivity index (χ0n) is 8.83. The summed E-state index contributed by atoms with van der Waals surface area (Å²) in [7, 11) is 0. The first-order valence-electron chi connectivity index (χ1n) is 5.28. The number of aryl methyl sites for hydroxylation is 1. The highest BCUT2D eigenvalue weighted by molar-refractivity contribution is 5.46. The van der Waals surface area contributed by atoms with Gasteiger partial charge in [0.05, 0.1) is 0 Å². The van der Waals surface area contributed by atoms with Gasteiger partial charge >= 0.3 is 0 Å². The van der Waals surface area contributed by atoms with Gasteiger partial charge in [-0.25, -0.2) is 9.37 Å². The van der Waals surface area contributed by atoms with E-state index in [2.05, 4.69) is 10.3 Å². The number of nitrogens with two attached hydrogens (primary N) is 1. The van der Waals surface area contributed by atoms with Crippen LogP contribution in [0.25, 0.3) is 0 Å². The monoisotopic (exact) mass is 209 g/mol. The topological polar surface area (TPSA) is 50.9 Å². The number of anilines is 1. The second kappa shape index (κ2) is 4.14. The summed E-state index contributed by atoms with van der Waals surface area (Å²) in [6, 6.07) is 1.70. The lowest BCUT2D eigenvalue weighted by Crippen LogP contribution is -2.27. The molecular formula is C11H16FN3. The molecule has 1 aromatic heterocycles. The molecule has 1 aromatic rings. The van der Waals surface area contributed by atoms with Gasteiger partial charge < -0.3 is 11.1 Å². The van der Waals surface area contributed by atoms with Crippen LogP contribution in [0.3, 0.4) is 0 Å². The fourth-order valence-electron chi connectivity index (χ4n) is 2.11. The summed E-state index contributed by atoms with van der Waals surface area (Å²) in [6.07, 6.45) is 2.48. The van der Waals surface area contributed by atoms with Gasteiger partial charge in [0.25, 0.3) is 0 Å². The molecule has 3 nitrogen and oxygen atoms in total. The molecule has 0 aromatic carbocycles. The summed E-state index contributed by atoms with van der Waals surface area (Å²) in [5.74, 6) is 0.316. The second-order valence-corrected chi connectivity index (χ2v) is 4.03. The third kappa shape index (κ3) is 1.95.